The summed E-state index contributed by atoms with van der Waals surface area (Å²) in [6.45, 7) is 6.84. The first-order valence-electron chi connectivity index (χ1n) is 11.8. The first-order chi connectivity index (χ1) is 16.1. The highest BCUT2D eigenvalue weighted by atomic mass is 19.1. The van der Waals surface area contributed by atoms with E-state index in [9.17, 15) is 9.18 Å². The van der Waals surface area contributed by atoms with Crippen molar-refractivity contribution in [2.75, 3.05) is 77.9 Å². The molecule has 0 bridgehead atoms. The molecule has 2 atom stereocenters. The Morgan fingerprint density at radius 1 is 1.09 bits per heavy atom. The molecule has 1 aromatic carbocycles. The summed E-state index contributed by atoms with van der Waals surface area (Å²) in [6.07, 6.45) is 3.83. The molecule has 0 saturated carbocycles. The van der Waals surface area contributed by atoms with Crippen molar-refractivity contribution in [2.45, 2.75) is 12.0 Å². The van der Waals surface area contributed by atoms with Crippen LogP contribution in [0.4, 0.5) is 10.2 Å². The van der Waals surface area contributed by atoms with Gasteiger partial charge in [0.15, 0.2) is 0 Å². The van der Waals surface area contributed by atoms with E-state index in [-0.39, 0.29) is 24.5 Å². The maximum atomic E-state index is 12.9. The lowest BCUT2D eigenvalue weighted by Gasteiger charge is -2.38. The lowest BCUT2D eigenvalue weighted by atomic mass is 9.90. The average Bonchev–Trinajstić information content (AvgIpc) is 3.23. The zero-order valence-corrected chi connectivity index (χ0v) is 19.2. The number of nitrogens with zero attached hydrogens (tertiary/aromatic N) is 6. The van der Waals surface area contributed by atoms with E-state index >= 15 is 0 Å². The van der Waals surface area contributed by atoms with Crippen molar-refractivity contribution in [3.05, 3.63) is 36.0 Å². The van der Waals surface area contributed by atoms with Gasteiger partial charge in [-0.3, -0.25) is 19.6 Å². The number of anilines is 1. The van der Waals surface area contributed by atoms with Crippen LogP contribution in [0.5, 0.6) is 0 Å². The van der Waals surface area contributed by atoms with Crippen LogP contribution in [0.3, 0.4) is 0 Å². The topological polar surface area (TPSA) is 67.3 Å². The van der Waals surface area contributed by atoms with E-state index < -0.39 is 0 Å². The molecule has 0 radical (unpaired) electrons. The Morgan fingerprint density at radius 2 is 1.91 bits per heavy atom. The molecule has 1 N–H and O–H groups in total. The Labute approximate surface area is 194 Å². The standard InChI is InChI=1S/C24H32FN7O/c1-29-6-8-31(9-7-29)17-24(33)28-23-13-20-12-18(2-3-19(20)14-26-23)21-15-27-32-11-10-30(5-4-25)16-22(21)32/h2-3,12-15,21-22H,4-11,16-17H2,1H3,(H,26,28,33). The molecule has 2 unspecified atom stereocenters. The number of pyridine rings is 1. The Hall–Kier alpha value is -2.62. The van der Waals surface area contributed by atoms with Gasteiger partial charge in [-0.05, 0) is 24.1 Å². The van der Waals surface area contributed by atoms with Crippen LogP contribution >= 0.6 is 0 Å². The molecule has 0 aliphatic carbocycles. The molecule has 2 saturated heterocycles. The monoisotopic (exact) mass is 453 g/mol. The summed E-state index contributed by atoms with van der Waals surface area (Å²) in [5, 5.41) is 11.8. The second-order valence-electron chi connectivity index (χ2n) is 9.31. The number of carbonyl (C=O) groups excluding carboxylic acids is 1. The Morgan fingerprint density at radius 3 is 2.73 bits per heavy atom. The number of carbonyl (C=O) groups is 1. The summed E-state index contributed by atoms with van der Waals surface area (Å²) in [5.41, 5.74) is 1.18. The highest BCUT2D eigenvalue weighted by Gasteiger charge is 2.36. The minimum absolute atomic E-state index is 0.0312. The number of aromatic nitrogens is 1. The van der Waals surface area contributed by atoms with E-state index in [1.165, 1.54) is 5.56 Å². The minimum atomic E-state index is -0.315. The summed E-state index contributed by atoms with van der Waals surface area (Å²) in [5.74, 6) is 0.712. The van der Waals surface area contributed by atoms with Crippen molar-refractivity contribution in [2.24, 2.45) is 5.10 Å². The number of hydrazone groups is 1. The summed E-state index contributed by atoms with van der Waals surface area (Å²) in [6, 6.07) is 8.55. The van der Waals surface area contributed by atoms with Crippen molar-refractivity contribution >= 4 is 28.7 Å². The van der Waals surface area contributed by atoms with E-state index in [1.807, 2.05) is 18.5 Å². The fourth-order valence-electron chi connectivity index (χ4n) is 5.02. The summed E-state index contributed by atoms with van der Waals surface area (Å²) < 4.78 is 12.9. The fourth-order valence-corrected chi connectivity index (χ4v) is 5.02. The number of nitrogens with one attached hydrogen (secondary N) is 1. The average molecular weight is 454 g/mol. The van der Waals surface area contributed by atoms with Gasteiger partial charge in [0.1, 0.15) is 12.5 Å². The summed E-state index contributed by atoms with van der Waals surface area (Å²) >= 11 is 0. The van der Waals surface area contributed by atoms with Crippen LogP contribution < -0.4 is 5.32 Å². The van der Waals surface area contributed by atoms with Gasteiger partial charge in [-0.2, -0.15) is 5.10 Å². The third kappa shape index (κ3) is 5.00. The minimum Gasteiger partial charge on any atom is -0.310 e. The zero-order valence-electron chi connectivity index (χ0n) is 19.2. The number of likely N-dealkylation sites (N-methyl/N-ethyl adjacent to an activating group) is 1. The lowest BCUT2D eigenvalue weighted by Crippen LogP contribution is -2.51. The number of hydrogen-bond acceptors (Lipinski definition) is 7. The van der Waals surface area contributed by atoms with Crippen LogP contribution in [0.25, 0.3) is 10.8 Å². The normalized spacial score (nSPS) is 24.4. The molecule has 8 nitrogen and oxygen atoms in total. The van der Waals surface area contributed by atoms with Gasteiger partial charge in [-0.1, -0.05) is 18.2 Å². The van der Waals surface area contributed by atoms with Gasteiger partial charge in [0, 0.05) is 76.1 Å². The highest BCUT2D eigenvalue weighted by molar-refractivity contribution is 5.94. The predicted molar refractivity (Wildman–Crippen MR) is 128 cm³/mol. The molecule has 33 heavy (non-hydrogen) atoms. The second kappa shape index (κ2) is 9.70. The van der Waals surface area contributed by atoms with Crippen molar-refractivity contribution in [1.29, 1.82) is 0 Å². The molecule has 9 heteroatoms. The highest BCUT2D eigenvalue weighted by Crippen LogP contribution is 2.32. The van der Waals surface area contributed by atoms with Crippen LogP contribution in [0.15, 0.2) is 35.6 Å². The fraction of sp³-hybridized carbons (Fsp3) is 0.542. The molecular formula is C24H32FN7O. The van der Waals surface area contributed by atoms with Gasteiger partial charge >= 0.3 is 0 Å². The van der Waals surface area contributed by atoms with Gasteiger partial charge in [0.2, 0.25) is 5.91 Å². The number of fused-ring (bicyclic) bond motifs is 2. The number of hydrogen-bond donors (Lipinski definition) is 1. The van der Waals surface area contributed by atoms with Crippen molar-refractivity contribution in [3.63, 3.8) is 0 Å². The Balaban J connectivity index is 1.28. The zero-order chi connectivity index (χ0) is 22.8. The summed E-state index contributed by atoms with van der Waals surface area (Å²) in [4.78, 5) is 23.6. The van der Waals surface area contributed by atoms with Crippen LogP contribution in [0, 0.1) is 0 Å². The number of halogens is 1. The third-order valence-corrected chi connectivity index (χ3v) is 7.03. The molecule has 2 aromatic rings. The molecular weight excluding hydrogens is 421 g/mol. The van der Waals surface area contributed by atoms with Crippen LogP contribution in [0.1, 0.15) is 11.5 Å². The molecule has 1 aromatic heterocycles. The molecule has 0 spiro atoms. The van der Waals surface area contributed by atoms with Gasteiger partial charge in [-0.25, -0.2) is 9.37 Å². The maximum Gasteiger partial charge on any atom is 0.239 e. The summed E-state index contributed by atoms with van der Waals surface area (Å²) in [7, 11) is 2.11. The number of amides is 1. The van der Waals surface area contributed by atoms with Gasteiger partial charge in [-0.15, -0.1) is 0 Å². The molecule has 5 rings (SSSR count). The quantitative estimate of drug-likeness (QED) is 0.715. The van der Waals surface area contributed by atoms with Crippen LogP contribution in [0.2, 0.25) is 0 Å². The Kier molecular flexibility index (Phi) is 6.52. The predicted octanol–water partition coefficient (Wildman–Crippen LogP) is 1.46. The van der Waals surface area contributed by atoms with Gasteiger partial charge < -0.3 is 10.2 Å². The van der Waals surface area contributed by atoms with Crippen LogP contribution in [-0.2, 0) is 4.79 Å². The van der Waals surface area contributed by atoms with Crippen molar-refractivity contribution in [1.82, 2.24) is 24.7 Å². The molecule has 176 valence electrons. The molecule has 3 aliphatic rings. The maximum absolute atomic E-state index is 12.9. The van der Waals surface area contributed by atoms with E-state index in [0.717, 1.165) is 56.6 Å². The third-order valence-electron chi connectivity index (χ3n) is 7.03. The van der Waals surface area contributed by atoms with Crippen LogP contribution in [-0.4, -0.2) is 115 Å². The van der Waals surface area contributed by atoms with Crippen molar-refractivity contribution < 1.29 is 9.18 Å². The second-order valence-corrected chi connectivity index (χ2v) is 9.31. The first kappa shape index (κ1) is 22.2. The number of benzene rings is 1. The van der Waals surface area contributed by atoms with E-state index in [0.29, 0.717) is 18.9 Å². The number of alkyl halides is 1. The number of rotatable bonds is 6. The van der Waals surface area contributed by atoms with Gasteiger partial charge in [0.25, 0.3) is 0 Å². The first-order valence-corrected chi connectivity index (χ1v) is 11.8. The van der Waals surface area contributed by atoms with E-state index in [4.69, 9.17) is 0 Å². The smallest absolute Gasteiger partial charge is 0.239 e. The lowest BCUT2D eigenvalue weighted by molar-refractivity contribution is -0.117. The van der Waals surface area contributed by atoms with E-state index in [1.54, 1.807) is 0 Å². The molecule has 4 heterocycles. The van der Waals surface area contributed by atoms with Gasteiger partial charge in [0.05, 0.1) is 12.6 Å². The van der Waals surface area contributed by atoms with E-state index in [2.05, 4.69) is 60.4 Å². The molecule has 1 amide bonds. The molecule has 2 fully saturated rings. The number of piperazine rings is 2. The largest absolute Gasteiger partial charge is 0.310 e. The Bertz CT molecular complexity index is 1020. The SMILES string of the molecule is CN1CCN(CC(=O)Nc2cc3cc(C4C=NN5CCN(CCF)CC45)ccc3cn2)CC1. The van der Waals surface area contributed by atoms with Crippen molar-refractivity contribution in [3.8, 4) is 0 Å². The molecule has 3 aliphatic heterocycles.